The molecule has 0 saturated heterocycles. The highest BCUT2D eigenvalue weighted by molar-refractivity contribution is 6.61. The Hall–Kier alpha value is -0.530. The largest absolute Gasteiger partial charge is 0.296 e. The molecule has 0 N–H and O–H groups in total. The van der Waals surface area contributed by atoms with Crippen LogP contribution < -0.4 is 0 Å². The van der Waals surface area contributed by atoms with Crippen LogP contribution in [0.25, 0.3) is 0 Å². The van der Waals surface area contributed by atoms with E-state index in [0.29, 0.717) is 12.3 Å². The SMILES string of the molecule is O=C1CC2(CCC(c3ccccc3)CC2)C1(Cl)Cl. The van der Waals surface area contributed by atoms with Crippen molar-refractivity contribution in [2.24, 2.45) is 5.41 Å². The Bertz CT molecular complexity index is 459. The molecular formula is C15H16Cl2O. The van der Waals surface area contributed by atoms with Gasteiger partial charge in [-0.1, -0.05) is 53.5 Å². The number of hydrogen-bond acceptors (Lipinski definition) is 1. The fraction of sp³-hybridized carbons (Fsp3) is 0.533. The standard InChI is InChI=1S/C15H16Cl2O/c16-15(17)13(18)10-14(15)8-6-12(7-9-14)11-4-2-1-3-5-11/h1-5,12H,6-10H2. The zero-order chi connectivity index (χ0) is 12.8. The Morgan fingerprint density at radius 3 is 2.17 bits per heavy atom. The lowest BCUT2D eigenvalue weighted by Crippen LogP contribution is -2.58. The molecule has 3 heteroatoms. The number of rotatable bonds is 1. The second-order valence-electron chi connectivity index (χ2n) is 5.64. The highest BCUT2D eigenvalue weighted by Gasteiger charge is 2.64. The highest BCUT2D eigenvalue weighted by atomic mass is 35.5. The molecule has 1 aromatic rings. The molecule has 0 aromatic heterocycles. The van der Waals surface area contributed by atoms with Crippen molar-refractivity contribution in [3.63, 3.8) is 0 Å². The number of hydrogen-bond donors (Lipinski definition) is 0. The van der Waals surface area contributed by atoms with Crippen LogP contribution in [0, 0.1) is 5.41 Å². The van der Waals surface area contributed by atoms with Crippen molar-refractivity contribution in [3.8, 4) is 0 Å². The predicted molar refractivity (Wildman–Crippen MR) is 74.1 cm³/mol. The second-order valence-corrected chi connectivity index (χ2v) is 6.97. The molecular weight excluding hydrogens is 267 g/mol. The third-order valence-electron chi connectivity index (χ3n) is 4.73. The van der Waals surface area contributed by atoms with E-state index in [-0.39, 0.29) is 11.2 Å². The minimum atomic E-state index is -1.12. The minimum Gasteiger partial charge on any atom is -0.296 e. The topological polar surface area (TPSA) is 17.1 Å². The molecule has 1 aromatic carbocycles. The lowest BCUT2D eigenvalue weighted by atomic mass is 9.57. The van der Waals surface area contributed by atoms with Crippen molar-refractivity contribution >= 4 is 29.0 Å². The third kappa shape index (κ3) is 1.71. The maximum Gasteiger partial charge on any atom is 0.181 e. The summed E-state index contributed by atoms with van der Waals surface area (Å²) in [5, 5.41) is 0. The Morgan fingerprint density at radius 1 is 1.06 bits per heavy atom. The first kappa shape index (κ1) is 12.5. The predicted octanol–water partition coefficient (Wildman–Crippen LogP) is 4.48. The van der Waals surface area contributed by atoms with Gasteiger partial charge in [0.05, 0.1) is 0 Å². The molecule has 0 unspecified atom stereocenters. The summed E-state index contributed by atoms with van der Waals surface area (Å²) in [6, 6.07) is 10.6. The van der Waals surface area contributed by atoms with Crippen LogP contribution >= 0.6 is 23.2 Å². The summed E-state index contributed by atoms with van der Waals surface area (Å²) in [7, 11) is 0. The molecule has 0 amide bonds. The van der Waals surface area contributed by atoms with Crippen LogP contribution in [-0.4, -0.2) is 10.1 Å². The molecule has 96 valence electrons. The summed E-state index contributed by atoms with van der Waals surface area (Å²) >= 11 is 12.4. The van der Waals surface area contributed by atoms with Crippen LogP contribution in [0.3, 0.4) is 0 Å². The van der Waals surface area contributed by atoms with Gasteiger partial charge in [0, 0.05) is 11.8 Å². The lowest BCUT2D eigenvalue weighted by Gasteiger charge is -2.54. The normalized spacial score (nSPS) is 34.3. The molecule has 3 rings (SSSR count). The zero-order valence-electron chi connectivity index (χ0n) is 10.2. The molecule has 1 nitrogen and oxygen atoms in total. The average molecular weight is 283 g/mol. The van der Waals surface area contributed by atoms with Crippen molar-refractivity contribution in [1.82, 2.24) is 0 Å². The van der Waals surface area contributed by atoms with Gasteiger partial charge in [0.2, 0.25) is 0 Å². The van der Waals surface area contributed by atoms with Crippen LogP contribution in [0.4, 0.5) is 0 Å². The monoisotopic (exact) mass is 282 g/mol. The zero-order valence-corrected chi connectivity index (χ0v) is 11.7. The fourth-order valence-electron chi connectivity index (χ4n) is 3.44. The average Bonchev–Trinajstić information content (AvgIpc) is 2.41. The van der Waals surface area contributed by atoms with Gasteiger partial charge in [0.25, 0.3) is 0 Å². The van der Waals surface area contributed by atoms with Gasteiger partial charge in [-0.2, -0.15) is 0 Å². The van der Waals surface area contributed by atoms with E-state index in [9.17, 15) is 4.79 Å². The summed E-state index contributed by atoms with van der Waals surface area (Å²) in [6.07, 6.45) is 4.66. The molecule has 2 aliphatic rings. The van der Waals surface area contributed by atoms with E-state index >= 15 is 0 Å². The van der Waals surface area contributed by atoms with Crippen LogP contribution in [-0.2, 0) is 4.79 Å². The smallest absolute Gasteiger partial charge is 0.181 e. The molecule has 2 fully saturated rings. The Kier molecular flexibility index (Phi) is 2.95. The molecule has 2 aliphatic carbocycles. The van der Waals surface area contributed by atoms with Crippen molar-refractivity contribution in [3.05, 3.63) is 35.9 Å². The van der Waals surface area contributed by atoms with E-state index in [4.69, 9.17) is 23.2 Å². The van der Waals surface area contributed by atoms with Gasteiger partial charge in [-0.05, 0) is 37.2 Å². The van der Waals surface area contributed by atoms with Crippen LogP contribution in [0.15, 0.2) is 30.3 Å². The first-order chi connectivity index (χ1) is 8.55. The number of Topliss-reactive ketones (excluding diaryl/α,β-unsaturated/α-hetero) is 1. The molecule has 0 aliphatic heterocycles. The van der Waals surface area contributed by atoms with Gasteiger partial charge in [-0.3, -0.25) is 4.79 Å². The number of carbonyl (C=O) groups excluding carboxylic acids is 1. The van der Waals surface area contributed by atoms with E-state index in [0.717, 1.165) is 25.7 Å². The van der Waals surface area contributed by atoms with Gasteiger partial charge in [-0.15, -0.1) is 0 Å². The molecule has 0 atom stereocenters. The van der Waals surface area contributed by atoms with E-state index in [2.05, 4.69) is 24.3 Å². The highest BCUT2D eigenvalue weighted by Crippen LogP contribution is 2.63. The van der Waals surface area contributed by atoms with Crippen molar-refractivity contribution in [1.29, 1.82) is 0 Å². The first-order valence-corrected chi connectivity index (χ1v) is 7.27. The number of ketones is 1. The summed E-state index contributed by atoms with van der Waals surface area (Å²) in [5.74, 6) is 0.598. The number of alkyl halides is 2. The van der Waals surface area contributed by atoms with E-state index in [1.807, 2.05) is 6.07 Å². The Morgan fingerprint density at radius 2 is 1.67 bits per heavy atom. The summed E-state index contributed by atoms with van der Waals surface area (Å²) < 4.78 is -1.12. The Labute approximate surface area is 117 Å². The van der Waals surface area contributed by atoms with Crippen LogP contribution in [0.2, 0.25) is 0 Å². The van der Waals surface area contributed by atoms with Crippen molar-refractivity contribution in [2.75, 3.05) is 0 Å². The summed E-state index contributed by atoms with van der Waals surface area (Å²) in [4.78, 5) is 11.5. The van der Waals surface area contributed by atoms with Crippen LogP contribution in [0.1, 0.15) is 43.6 Å². The summed E-state index contributed by atoms with van der Waals surface area (Å²) in [5.41, 5.74) is 1.26. The Balaban J connectivity index is 1.71. The molecule has 0 heterocycles. The fourth-order valence-corrected chi connectivity index (χ4v) is 4.08. The number of halogens is 2. The third-order valence-corrected chi connectivity index (χ3v) is 5.95. The van der Waals surface area contributed by atoms with Gasteiger partial charge < -0.3 is 0 Å². The minimum absolute atomic E-state index is 0.00370. The summed E-state index contributed by atoms with van der Waals surface area (Å²) in [6.45, 7) is 0. The van der Waals surface area contributed by atoms with Gasteiger partial charge in [-0.25, -0.2) is 0 Å². The number of benzene rings is 1. The van der Waals surface area contributed by atoms with Crippen LogP contribution in [0.5, 0.6) is 0 Å². The molecule has 0 bridgehead atoms. The van der Waals surface area contributed by atoms with Gasteiger partial charge >= 0.3 is 0 Å². The maximum absolute atomic E-state index is 11.5. The molecule has 18 heavy (non-hydrogen) atoms. The molecule has 2 saturated carbocycles. The van der Waals surface area contributed by atoms with E-state index in [1.165, 1.54) is 5.56 Å². The van der Waals surface area contributed by atoms with Crippen molar-refractivity contribution < 1.29 is 4.79 Å². The molecule has 0 radical (unpaired) electrons. The molecule has 1 spiro atoms. The first-order valence-electron chi connectivity index (χ1n) is 6.51. The van der Waals surface area contributed by atoms with Gasteiger partial charge in [0.1, 0.15) is 0 Å². The maximum atomic E-state index is 11.5. The van der Waals surface area contributed by atoms with E-state index < -0.39 is 4.33 Å². The van der Waals surface area contributed by atoms with Gasteiger partial charge in [0.15, 0.2) is 10.1 Å². The lowest BCUT2D eigenvalue weighted by molar-refractivity contribution is -0.136. The quantitative estimate of drug-likeness (QED) is 0.695. The van der Waals surface area contributed by atoms with Crippen molar-refractivity contribution in [2.45, 2.75) is 42.4 Å². The number of carbonyl (C=O) groups is 1. The second kappa shape index (κ2) is 4.25. The van der Waals surface area contributed by atoms with E-state index in [1.54, 1.807) is 0 Å².